The van der Waals surface area contributed by atoms with Crippen LogP contribution in [-0.4, -0.2) is 20.2 Å². The second kappa shape index (κ2) is 4.81. The van der Waals surface area contributed by atoms with Crippen molar-refractivity contribution in [1.82, 2.24) is 20.2 Å². The van der Waals surface area contributed by atoms with Crippen LogP contribution in [0.5, 0.6) is 0 Å². The van der Waals surface area contributed by atoms with Crippen LogP contribution in [0.15, 0.2) is 18.2 Å². The fourth-order valence-corrected chi connectivity index (χ4v) is 3.07. The number of halogens is 1. The molecule has 1 heterocycles. The van der Waals surface area contributed by atoms with E-state index in [9.17, 15) is 0 Å². The molecule has 0 spiro atoms. The van der Waals surface area contributed by atoms with Crippen molar-refractivity contribution >= 4 is 17.3 Å². The molecule has 1 saturated carbocycles. The Hall–Kier alpha value is -1.62. The number of anilines is 1. The summed E-state index contributed by atoms with van der Waals surface area (Å²) < 4.78 is 1.91. The Morgan fingerprint density at radius 2 is 2.21 bits per heavy atom. The quantitative estimate of drug-likeness (QED) is 0.857. The van der Waals surface area contributed by atoms with Crippen molar-refractivity contribution in [2.24, 2.45) is 5.92 Å². The van der Waals surface area contributed by atoms with Gasteiger partial charge in [-0.05, 0) is 47.4 Å². The third-order valence-corrected chi connectivity index (χ3v) is 4.17. The summed E-state index contributed by atoms with van der Waals surface area (Å²) in [4.78, 5) is 0. The van der Waals surface area contributed by atoms with Gasteiger partial charge in [0.05, 0.1) is 11.1 Å². The Labute approximate surface area is 116 Å². The van der Waals surface area contributed by atoms with E-state index in [4.69, 9.17) is 17.3 Å². The molecule has 2 atom stereocenters. The topological polar surface area (TPSA) is 69.6 Å². The van der Waals surface area contributed by atoms with Gasteiger partial charge in [0, 0.05) is 11.3 Å². The van der Waals surface area contributed by atoms with Gasteiger partial charge in [-0.1, -0.05) is 24.9 Å². The Morgan fingerprint density at radius 3 is 2.89 bits per heavy atom. The summed E-state index contributed by atoms with van der Waals surface area (Å²) >= 11 is 6.25. The summed E-state index contributed by atoms with van der Waals surface area (Å²) in [6.45, 7) is 2.24. The van der Waals surface area contributed by atoms with E-state index in [2.05, 4.69) is 22.4 Å². The average Bonchev–Trinajstić information content (AvgIpc) is 2.97. The highest BCUT2D eigenvalue weighted by atomic mass is 35.5. The lowest BCUT2D eigenvalue weighted by atomic mass is 10.1. The van der Waals surface area contributed by atoms with Gasteiger partial charge >= 0.3 is 0 Å². The summed E-state index contributed by atoms with van der Waals surface area (Å²) in [6, 6.07) is 5.78. The normalized spacial score (nSPS) is 22.8. The number of nitrogens with two attached hydrogens (primary N) is 1. The fraction of sp³-hybridized carbons (Fsp3) is 0.462. The summed E-state index contributed by atoms with van der Waals surface area (Å²) in [5.74, 6) is 1.32. The van der Waals surface area contributed by atoms with Crippen LogP contribution in [0.2, 0.25) is 5.02 Å². The van der Waals surface area contributed by atoms with Gasteiger partial charge in [-0.15, -0.1) is 5.10 Å². The van der Waals surface area contributed by atoms with Gasteiger partial charge in [-0.2, -0.15) is 0 Å². The van der Waals surface area contributed by atoms with Gasteiger partial charge in [0.2, 0.25) is 0 Å². The minimum absolute atomic E-state index is 0.360. The molecule has 1 fully saturated rings. The maximum atomic E-state index is 6.25. The molecule has 1 aromatic carbocycles. The van der Waals surface area contributed by atoms with Crippen molar-refractivity contribution in [3.63, 3.8) is 0 Å². The Morgan fingerprint density at radius 1 is 1.37 bits per heavy atom. The van der Waals surface area contributed by atoms with Gasteiger partial charge in [-0.25, -0.2) is 4.68 Å². The van der Waals surface area contributed by atoms with Crippen molar-refractivity contribution < 1.29 is 0 Å². The molecule has 19 heavy (non-hydrogen) atoms. The molecule has 1 aliphatic rings. The Balaban J connectivity index is 2.04. The minimum atomic E-state index is 0.360. The van der Waals surface area contributed by atoms with Crippen molar-refractivity contribution in [3.05, 3.63) is 23.2 Å². The van der Waals surface area contributed by atoms with E-state index < -0.39 is 0 Å². The molecule has 0 radical (unpaired) electrons. The third kappa shape index (κ3) is 2.18. The molecular formula is C13H16ClN5. The van der Waals surface area contributed by atoms with Gasteiger partial charge in [0.1, 0.15) is 0 Å². The summed E-state index contributed by atoms with van der Waals surface area (Å²) in [5, 5.41) is 12.7. The summed E-state index contributed by atoms with van der Waals surface area (Å²) in [5.41, 5.74) is 7.19. The van der Waals surface area contributed by atoms with Crippen molar-refractivity contribution in [2.75, 3.05) is 5.73 Å². The molecule has 2 unspecified atom stereocenters. The average molecular weight is 278 g/mol. The molecule has 0 aliphatic heterocycles. The summed E-state index contributed by atoms with van der Waals surface area (Å²) in [6.07, 6.45) is 3.56. The molecule has 0 bridgehead atoms. The highest BCUT2D eigenvalue weighted by Crippen LogP contribution is 2.37. The molecule has 1 aliphatic carbocycles. The van der Waals surface area contributed by atoms with Crippen LogP contribution in [0, 0.1) is 5.92 Å². The van der Waals surface area contributed by atoms with Crippen LogP contribution in [-0.2, 0) is 0 Å². The highest BCUT2D eigenvalue weighted by molar-refractivity contribution is 6.33. The molecule has 2 N–H and O–H groups in total. The van der Waals surface area contributed by atoms with Crippen LogP contribution in [0.3, 0.4) is 0 Å². The van der Waals surface area contributed by atoms with E-state index in [1.165, 1.54) is 12.8 Å². The Bertz CT molecular complexity index is 594. The monoisotopic (exact) mass is 277 g/mol. The lowest BCUT2D eigenvalue weighted by molar-refractivity contribution is 0.370. The lowest BCUT2D eigenvalue weighted by Gasteiger charge is -2.17. The van der Waals surface area contributed by atoms with Crippen molar-refractivity contribution in [3.8, 4) is 11.4 Å². The molecule has 6 heteroatoms. The fourth-order valence-electron chi connectivity index (χ4n) is 2.80. The predicted molar refractivity (Wildman–Crippen MR) is 74.7 cm³/mol. The maximum Gasteiger partial charge on any atom is 0.183 e. The third-order valence-electron chi connectivity index (χ3n) is 3.86. The van der Waals surface area contributed by atoms with Crippen LogP contribution in [0.25, 0.3) is 11.4 Å². The first-order valence-corrected chi connectivity index (χ1v) is 6.88. The number of nitrogen functional groups attached to an aromatic ring is 1. The number of rotatable bonds is 2. The predicted octanol–water partition coefficient (Wildman–Crippen LogP) is 2.94. The zero-order valence-electron chi connectivity index (χ0n) is 10.8. The number of nitrogens with zero attached hydrogens (tertiary/aromatic N) is 4. The van der Waals surface area contributed by atoms with Gasteiger partial charge < -0.3 is 5.73 Å². The van der Waals surface area contributed by atoms with Crippen LogP contribution < -0.4 is 5.73 Å². The molecule has 5 nitrogen and oxygen atoms in total. The molecule has 3 rings (SSSR count). The smallest absolute Gasteiger partial charge is 0.183 e. The first kappa shape index (κ1) is 12.4. The highest BCUT2D eigenvalue weighted by Gasteiger charge is 2.29. The number of hydrogen-bond acceptors (Lipinski definition) is 4. The molecule has 2 aromatic rings. The van der Waals surface area contributed by atoms with Gasteiger partial charge in [0.25, 0.3) is 0 Å². The molecule has 1 aromatic heterocycles. The molecule has 0 amide bonds. The SMILES string of the molecule is CC1CCCC1n1nnnc1-c1ccc(N)cc1Cl. The molecule has 0 saturated heterocycles. The largest absolute Gasteiger partial charge is 0.399 e. The second-order valence-electron chi connectivity index (χ2n) is 5.16. The number of hydrogen-bond donors (Lipinski definition) is 1. The standard InChI is InChI=1S/C13H16ClN5/c1-8-3-2-4-12(8)19-13(16-17-18-19)10-6-5-9(15)7-11(10)14/h5-8,12H,2-4,15H2,1H3. The van der Waals surface area contributed by atoms with Crippen LogP contribution in [0.4, 0.5) is 5.69 Å². The maximum absolute atomic E-state index is 6.25. The van der Waals surface area contributed by atoms with Crippen molar-refractivity contribution in [2.45, 2.75) is 32.2 Å². The van der Waals surface area contributed by atoms with E-state index in [0.29, 0.717) is 22.7 Å². The van der Waals surface area contributed by atoms with Crippen molar-refractivity contribution in [1.29, 1.82) is 0 Å². The van der Waals surface area contributed by atoms with E-state index in [0.717, 1.165) is 17.8 Å². The minimum Gasteiger partial charge on any atom is -0.399 e. The van der Waals surface area contributed by atoms with Crippen LogP contribution >= 0.6 is 11.6 Å². The zero-order valence-corrected chi connectivity index (χ0v) is 11.5. The molecular weight excluding hydrogens is 262 g/mol. The van der Waals surface area contributed by atoms with Crippen LogP contribution in [0.1, 0.15) is 32.2 Å². The van der Waals surface area contributed by atoms with E-state index in [1.54, 1.807) is 6.07 Å². The number of aromatic nitrogens is 4. The first-order chi connectivity index (χ1) is 9.16. The van der Waals surface area contributed by atoms with E-state index >= 15 is 0 Å². The Kier molecular flexibility index (Phi) is 3.14. The first-order valence-electron chi connectivity index (χ1n) is 6.50. The van der Waals surface area contributed by atoms with E-state index in [-0.39, 0.29) is 0 Å². The summed E-state index contributed by atoms with van der Waals surface area (Å²) in [7, 11) is 0. The lowest BCUT2D eigenvalue weighted by Crippen LogP contribution is -2.14. The van der Waals surface area contributed by atoms with Gasteiger partial charge in [0.15, 0.2) is 5.82 Å². The molecule has 100 valence electrons. The number of benzene rings is 1. The zero-order chi connectivity index (χ0) is 13.4. The van der Waals surface area contributed by atoms with E-state index in [1.807, 2.05) is 16.8 Å². The number of tetrazole rings is 1. The second-order valence-corrected chi connectivity index (χ2v) is 5.57. The van der Waals surface area contributed by atoms with Gasteiger partial charge in [-0.3, -0.25) is 0 Å².